The van der Waals surface area contributed by atoms with Crippen LogP contribution in [0.4, 0.5) is 5.69 Å². The maximum Gasteiger partial charge on any atom is 0.241 e. The first-order valence-electron chi connectivity index (χ1n) is 10.2. The first-order chi connectivity index (χ1) is 13.1. The van der Waals surface area contributed by atoms with E-state index in [1.54, 1.807) is 0 Å². The van der Waals surface area contributed by atoms with Crippen LogP contribution in [-0.4, -0.2) is 46.8 Å². The number of hydrogen-bond acceptors (Lipinski definition) is 3. The molecule has 27 heavy (non-hydrogen) atoms. The molecular weight excluding hydrogens is 336 g/mol. The Labute approximate surface area is 162 Å². The van der Waals surface area contributed by atoms with Gasteiger partial charge in [0.2, 0.25) is 5.91 Å². The minimum absolute atomic E-state index is 0.249. The van der Waals surface area contributed by atoms with Crippen molar-refractivity contribution in [2.45, 2.75) is 46.1 Å². The standard InChI is InChI=1S/C22H30N4O/c1-17-14-18(2)26(23-17)15-19-9-12-24(13-10-19)16-22(27)25-11-5-7-20-6-3-4-8-21(20)25/h3-4,6,8,14,19H,5,7,9-13,15-16H2,1-2H3. The number of para-hydroxylation sites is 1. The van der Waals surface area contributed by atoms with Gasteiger partial charge in [0.05, 0.1) is 12.2 Å². The Hall–Kier alpha value is -2.14. The highest BCUT2D eigenvalue weighted by Crippen LogP contribution is 2.27. The first-order valence-corrected chi connectivity index (χ1v) is 10.2. The molecule has 0 atom stereocenters. The fraction of sp³-hybridized carbons (Fsp3) is 0.545. The van der Waals surface area contributed by atoms with E-state index in [1.807, 2.05) is 11.0 Å². The van der Waals surface area contributed by atoms with Crippen LogP contribution in [0.15, 0.2) is 30.3 Å². The van der Waals surface area contributed by atoms with Crippen LogP contribution in [-0.2, 0) is 17.8 Å². The highest BCUT2D eigenvalue weighted by atomic mass is 16.2. The van der Waals surface area contributed by atoms with E-state index < -0.39 is 0 Å². The molecule has 1 fully saturated rings. The van der Waals surface area contributed by atoms with E-state index in [9.17, 15) is 4.79 Å². The van der Waals surface area contributed by atoms with Crippen LogP contribution in [0.25, 0.3) is 0 Å². The van der Waals surface area contributed by atoms with Crippen molar-refractivity contribution in [3.8, 4) is 0 Å². The highest BCUT2D eigenvalue weighted by molar-refractivity contribution is 5.95. The van der Waals surface area contributed by atoms with Gasteiger partial charge >= 0.3 is 0 Å². The lowest BCUT2D eigenvalue weighted by molar-refractivity contribution is -0.120. The number of fused-ring (bicyclic) bond motifs is 1. The summed E-state index contributed by atoms with van der Waals surface area (Å²) in [5, 5.41) is 4.60. The average Bonchev–Trinajstić information content (AvgIpc) is 2.99. The Kier molecular flexibility index (Phi) is 5.30. The van der Waals surface area contributed by atoms with Crippen LogP contribution in [0.5, 0.6) is 0 Å². The lowest BCUT2D eigenvalue weighted by Gasteiger charge is -2.35. The summed E-state index contributed by atoms with van der Waals surface area (Å²) in [4.78, 5) is 17.3. The molecule has 5 heteroatoms. The molecule has 1 aromatic heterocycles. The molecule has 1 saturated heterocycles. The number of anilines is 1. The van der Waals surface area contributed by atoms with Crippen LogP contribution in [0.3, 0.4) is 0 Å². The molecule has 0 saturated carbocycles. The molecule has 4 rings (SSSR count). The number of likely N-dealkylation sites (tertiary alicyclic amines) is 1. The fourth-order valence-electron chi connectivity index (χ4n) is 4.50. The molecule has 0 unspecified atom stereocenters. The summed E-state index contributed by atoms with van der Waals surface area (Å²) in [5.74, 6) is 0.907. The maximum absolute atomic E-state index is 12.9. The zero-order valence-electron chi connectivity index (χ0n) is 16.5. The number of hydrogen-bond donors (Lipinski definition) is 0. The zero-order valence-corrected chi connectivity index (χ0v) is 16.5. The third kappa shape index (κ3) is 4.08. The van der Waals surface area contributed by atoms with Crippen molar-refractivity contribution >= 4 is 11.6 Å². The number of rotatable bonds is 4. The van der Waals surface area contributed by atoms with Gasteiger partial charge in [0, 0.05) is 24.5 Å². The van der Waals surface area contributed by atoms with E-state index in [1.165, 1.54) is 11.3 Å². The van der Waals surface area contributed by atoms with Crippen LogP contribution in [0, 0.1) is 19.8 Å². The average molecular weight is 367 g/mol. The monoisotopic (exact) mass is 366 g/mol. The predicted octanol–water partition coefficient (Wildman–Crippen LogP) is 3.19. The molecule has 2 aromatic rings. The number of carbonyl (C=O) groups excluding carboxylic acids is 1. The van der Waals surface area contributed by atoms with Gasteiger partial charge in [-0.25, -0.2) is 0 Å². The molecule has 1 amide bonds. The number of amides is 1. The molecule has 0 bridgehead atoms. The number of aromatic nitrogens is 2. The van der Waals surface area contributed by atoms with Crippen LogP contribution in [0.1, 0.15) is 36.2 Å². The second-order valence-corrected chi connectivity index (χ2v) is 8.11. The minimum Gasteiger partial charge on any atom is -0.311 e. The van der Waals surface area contributed by atoms with Gasteiger partial charge in [0.15, 0.2) is 0 Å². The Morgan fingerprint density at radius 1 is 1.15 bits per heavy atom. The van der Waals surface area contributed by atoms with E-state index in [-0.39, 0.29) is 5.91 Å². The summed E-state index contributed by atoms with van der Waals surface area (Å²) in [6, 6.07) is 10.5. The predicted molar refractivity (Wildman–Crippen MR) is 108 cm³/mol. The Bertz CT molecular complexity index is 804. The first kappa shape index (κ1) is 18.2. The number of piperidine rings is 1. The van der Waals surface area contributed by atoms with E-state index >= 15 is 0 Å². The second kappa shape index (κ2) is 7.85. The summed E-state index contributed by atoms with van der Waals surface area (Å²) in [5.41, 5.74) is 4.76. The van der Waals surface area contributed by atoms with Gasteiger partial charge in [-0.2, -0.15) is 5.10 Å². The quantitative estimate of drug-likeness (QED) is 0.834. The molecule has 0 radical (unpaired) electrons. The summed E-state index contributed by atoms with van der Waals surface area (Å²) in [6.07, 6.45) is 4.43. The van der Waals surface area contributed by atoms with Gasteiger partial charge in [0.1, 0.15) is 0 Å². The molecule has 5 nitrogen and oxygen atoms in total. The SMILES string of the molecule is Cc1cc(C)n(CC2CCN(CC(=O)N3CCCc4ccccc43)CC2)n1. The van der Waals surface area contributed by atoms with Crippen LogP contribution >= 0.6 is 0 Å². The van der Waals surface area contributed by atoms with Crippen molar-refractivity contribution in [1.29, 1.82) is 0 Å². The summed E-state index contributed by atoms with van der Waals surface area (Å²) in [7, 11) is 0. The van der Waals surface area contributed by atoms with Crippen molar-refractivity contribution in [2.75, 3.05) is 31.1 Å². The minimum atomic E-state index is 0.249. The second-order valence-electron chi connectivity index (χ2n) is 8.11. The summed E-state index contributed by atoms with van der Waals surface area (Å²) >= 11 is 0. The highest BCUT2D eigenvalue weighted by Gasteiger charge is 2.26. The van der Waals surface area contributed by atoms with Crippen molar-refractivity contribution < 1.29 is 4.79 Å². The molecule has 3 heterocycles. The van der Waals surface area contributed by atoms with Crippen molar-refractivity contribution in [2.24, 2.45) is 5.92 Å². The number of nitrogens with zero attached hydrogens (tertiary/aromatic N) is 4. The topological polar surface area (TPSA) is 41.4 Å². The van der Waals surface area contributed by atoms with Gasteiger partial charge < -0.3 is 4.90 Å². The maximum atomic E-state index is 12.9. The van der Waals surface area contributed by atoms with E-state index in [0.717, 1.165) is 63.2 Å². The summed E-state index contributed by atoms with van der Waals surface area (Å²) in [6.45, 7) is 8.59. The van der Waals surface area contributed by atoms with Gasteiger partial charge in [0.25, 0.3) is 0 Å². The third-order valence-electron chi connectivity index (χ3n) is 6.01. The van der Waals surface area contributed by atoms with Crippen LogP contribution in [0.2, 0.25) is 0 Å². The van der Waals surface area contributed by atoms with Crippen molar-refractivity contribution in [3.05, 3.63) is 47.3 Å². The normalized spacial score (nSPS) is 18.5. The fourth-order valence-corrected chi connectivity index (χ4v) is 4.50. The Morgan fingerprint density at radius 3 is 2.67 bits per heavy atom. The zero-order chi connectivity index (χ0) is 18.8. The number of aryl methyl sites for hydroxylation is 3. The van der Waals surface area contributed by atoms with Crippen molar-refractivity contribution in [3.63, 3.8) is 0 Å². The molecular formula is C22H30N4O. The molecule has 1 aromatic carbocycles. The van der Waals surface area contributed by atoms with Gasteiger partial charge in [-0.15, -0.1) is 0 Å². The Morgan fingerprint density at radius 2 is 1.93 bits per heavy atom. The molecule has 0 aliphatic carbocycles. The van der Waals surface area contributed by atoms with Gasteiger partial charge in [-0.3, -0.25) is 14.4 Å². The molecule has 144 valence electrons. The molecule has 2 aliphatic heterocycles. The largest absolute Gasteiger partial charge is 0.311 e. The lowest BCUT2D eigenvalue weighted by Crippen LogP contribution is -2.45. The smallest absolute Gasteiger partial charge is 0.241 e. The number of carbonyl (C=O) groups is 1. The van der Waals surface area contributed by atoms with E-state index in [0.29, 0.717) is 12.5 Å². The van der Waals surface area contributed by atoms with E-state index in [2.05, 4.69) is 52.8 Å². The lowest BCUT2D eigenvalue weighted by atomic mass is 9.96. The van der Waals surface area contributed by atoms with Gasteiger partial charge in [-0.1, -0.05) is 18.2 Å². The van der Waals surface area contributed by atoms with Crippen molar-refractivity contribution in [1.82, 2.24) is 14.7 Å². The molecule has 0 N–H and O–H groups in total. The molecule has 0 spiro atoms. The number of benzene rings is 1. The van der Waals surface area contributed by atoms with E-state index in [4.69, 9.17) is 0 Å². The Balaban J connectivity index is 1.31. The van der Waals surface area contributed by atoms with Gasteiger partial charge in [-0.05, 0) is 76.2 Å². The molecule has 2 aliphatic rings. The summed E-state index contributed by atoms with van der Waals surface area (Å²) < 4.78 is 2.14. The third-order valence-corrected chi connectivity index (χ3v) is 6.01. The van der Waals surface area contributed by atoms with Crippen LogP contribution < -0.4 is 4.90 Å².